The van der Waals surface area contributed by atoms with Gasteiger partial charge in [-0.05, 0) is 157 Å². The fraction of sp³-hybridized carbons (Fsp3) is 0.198. The summed E-state index contributed by atoms with van der Waals surface area (Å²) in [5.74, 6) is 4.90. The minimum absolute atomic E-state index is 0.0637. The van der Waals surface area contributed by atoms with Crippen LogP contribution in [-0.4, -0.2) is 134 Å². The molecule has 9 N–H and O–H groups in total. The average molecular weight is 1610 g/mol. The number of allylic oxidation sites excluding steroid dienone is 1. The molecule has 0 radical (unpaired) electrons. The van der Waals surface area contributed by atoms with E-state index < -0.39 is 0 Å². The number of H-pyrrole nitrogens is 4. The Hall–Kier alpha value is -14.3. The second-order valence-corrected chi connectivity index (χ2v) is 28.8. The maximum absolute atomic E-state index is 13.4. The van der Waals surface area contributed by atoms with Crippen LogP contribution in [0, 0.1) is 5.82 Å². The molecule has 19 rings (SSSR count). The Morgan fingerprint density at radius 2 is 0.983 bits per heavy atom. The van der Waals surface area contributed by atoms with Crippen molar-refractivity contribution in [3.63, 3.8) is 0 Å². The van der Waals surface area contributed by atoms with E-state index in [1.807, 2.05) is 166 Å². The molecule has 0 bridgehead atoms. The van der Waals surface area contributed by atoms with Gasteiger partial charge in [0.25, 0.3) is 0 Å². The zero-order valence-corrected chi connectivity index (χ0v) is 68.9. The lowest BCUT2D eigenvalue weighted by Crippen LogP contribution is -2.21. The van der Waals surface area contributed by atoms with Gasteiger partial charge in [-0.25, -0.2) is 33.2 Å². The summed E-state index contributed by atoms with van der Waals surface area (Å²) >= 11 is 5.94. The summed E-state index contributed by atoms with van der Waals surface area (Å²) in [6.07, 6.45) is 9.45. The lowest BCUT2D eigenvalue weighted by Gasteiger charge is -2.18. The van der Waals surface area contributed by atoms with Crippen LogP contribution in [0.1, 0.15) is 34.7 Å². The Morgan fingerprint density at radius 3 is 1.64 bits per heavy atom. The number of ether oxygens (including phenoxy) is 1. The zero-order valence-electron chi connectivity index (χ0n) is 68.1. The highest BCUT2D eigenvalue weighted by molar-refractivity contribution is 6.30. The molecule has 27 heteroatoms. The number of anilines is 5. The number of imidazole rings is 3. The summed E-state index contributed by atoms with van der Waals surface area (Å²) in [6, 6.07) is 62.3. The number of fused-ring (bicyclic) bond motifs is 10. The smallest absolute Gasteiger partial charge is 0.343 e. The van der Waals surface area contributed by atoms with Crippen LogP contribution in [0.3, 0.4) is 0 Å². The maximum Gasteiger partial charge on any atom is 0.343 e. The maximum atomic E-state index is 13.4. The van der Waals surface area contributed by atoms with Crippen molar-refractivity contribution in [3.8, 4) is 17.1 Å². The second kappa shape index (κ2) is 39.2. The van der Waals surface area contributed by atoms with Gasteiger partial charge < -0.3 is 60.9 Å². The molecule has 0 fully saturated rings. The van der Waals surface area contributed by atoms with Crippen molar-refractivity contribution >= 4 is 90.2 Å². The predicted molar refractivity (Wildman–Crippen MR) is 480 cm³/mol. The Bertz CT molecular complexity index is 6150. The van der Waals surface area contributed by atoms with Crippen LogP contribution in [0.2, 0.25) is 5.02 Å². The van der Waals surface area contributed by atoms with Crippen molar-refractivity contribution in [2.24, 2.45) is 28.2 Å². The third-order valence-corrected chi connectivity index (χ3v) is 20.6. The highest BCUT2D eigenvalue weighted by Crippen LogP contribution is 2.31. The van der Waals surface area contributed by atoms with Crippen molar-refractivity contribution in [2.75, 3.05) is 88.1 Å². The van der Waals surface area contributed by atoms with Gasteiger partial charge in [-0.2, -0.15) is 5.10 Å². The molecule has 0 saturated carbocycles. The first kappa shape index (κ1) is 84.6. The van der Waals surface area contributed by atoms with E-state index in [1.165, 1.54) is 48.8 Å². The molecular weight excluding hydrogens is 1510 g/mol. The molecule has 0 unspecified atom stereocenters. The normalized spacial score (nSPS) is 13.5. The zero-order chi connectivity index (χ0) is 84.3. The van der Waals surface area contributed by atoms with Crippen LogP contribution < -0.4 is 54.1 Å². The molecule has 0 spiro atoms. The quantitative estimate of drug-likeness (QED) is 0.0778. The number of hydrogen-bond acceptors (Lipinski definition) is 17. The summed E-state index contributed by atoms with van der Waals surface area (Å²) in [7, 11) is 16.6. The van der Waals surface area contributed by atoms with Gasteiger partial charge in [0.05, 0.1) is 75.4 Å². The van der Waals surface area contributed by atoms with Crippen LogP contribution >= 0.6 is 11.6 Å². The Labute approximate surface area is 689 Å². The second-order valence-electron chi connectivity index (χ2n) is 28.4. The molecule has 25 nitrogen and oxygen atoms in total. The van der Waals surface area contributed by atoms with Crippen LogP contribution in [0.15, 0.2) is 293 Å². The SMILES string of the molecule is C=C1Nc2c(F)cccc2CCN1C.C=C1Nc2ccc(Cl)cc2CCN1C.C=C1Nc2ccc(OC)cc2CCN1C.C=C1Nc2ccccc2C=C1C.C=C1Nc2ccccc2CCN1C.Cn1c(=O)[nH]c2c3ccccc3ncc21.Cn1c(=O)[nH]c2ccccc21.Cn1c(=O)[nH]c2ncccc21.Cn1nc(-c2ccccc2)[nH]c1=O. The summed E-state index contributed by atoms with van der Waals surface area (Å²) < 4.78 is 24.6. The highest BCUT2D eigenvalue weighted by atomic mass is 35.5. The Balaban J connectivity index is 0.000000130. The fourth-order valence-electron chi connectivity index (χ4n) is 12.9. The average Bonchev–Trinajstić information content (AvgIpc) is 1.58. The fourth-order valence-corrected chi connectivity index (χ4v) is 13.1. The van der Waals surface area contributed by atoms with Crippen LogP contribution in [0.5, 0.6) is 5.75 Å². The highest BCUT2D eigenvalue weighted by Gasteiger charge is 2.19. The molecule has 6 aromatic heterocycles. The lowest BCUT2D eigenvalue weighted by molar-refractivity contribution is 0.413. The number of pyridine rings is 2. The van der Waals surface area contributed by atoms with E-state index in [9.17, 15) is 23.6 Å². The monoisotopic (exact) mass is 1610 g/mol. The topological polar surface area (TPSA) is 272 Å². The number of hydrogen-bond donors (Lipinski definition) is 9. The first-order valence-electron chi connectivity index (χ1n) is 38.2. The van der Waals surface area contributed by atoms with Gasteiger partial charge in [0, 0.05) is 133 Å². The van der Waals surface area contributed by atoms with E-state index in [-0.39, 0.29) is 28.6 Å². The van der Waals surface area contributed by atoms with E-state index in [0.717, 1.165) is 158 Å². The molecule has 608 valence electrons. The minimum atomic E-state index is -0.209. The van der Waals surface area contributed by atoms with Crippen LogP contribution in [0.25, 0.3) is 61.6 Å². The molecule has 0 saturated heterocycles. The standard InChI is InChI=1S/C12H16N2O.C11H13ClN2.C11H13FN2.C11H9N3O.C11H14N2.C11H11N.C9H9N3O.C8H8N2O.C7H7N3O/c1-9-13-12-5-4-11(15-3)8-10(12)6-7-14(9)2;1-8-13-11-4-3-10(12)7-9(11)5-6-14(8)2;1-8-13-11-9(6-7-14(8)2)4-3-5-10(11)12;1-14-9-6-12-8-5-3-2-4-7(8)10(9)13-11(14)15;1-9-12-11-6-4-3-5-10(11)7-8-13(9)2;1-8-7-10-5-3-4-6-11(10)12-9(8)2;1-12-9(13)10-8(11-12)7-5-3-2-4-6-7;1-10-7-5-3-2-4-6(7)9-8(10)11;1-10-5-3-2-4-8-6(5)9-7(10)11/h4-5,8,13H,1,6-7H2,2-3H3;3-4,7,13H,1,5-6H2,2H3;3-5,13H,1,6-7H2,2H3;2-6H,1H3,(H,13,15);3-6,12H,1,7-8H2,2H3;3-7,12H,2H2,1H3;2-6H,1H3,(H,10,11,13);2-5H,1H3,(H,9,11);2-4H,1H3,(H,8,9,11). The third kappa shape index (κ3) is 21.4. The number of nitrogens with zero attached hydrogens (tertiary/aromatic N) is 11. The van der Waals surface area contributed by atoms with Crippen LogP contribution in [-0.2, 0) is 53.9 Å². The molecular formula is C91H100ClFN20O5. The summed E-state index contributed by atoms with van der Waals surface area (Å²) in [5.41, 5.74) is 19.8. The predicted octanol–water partition coefficient (Wildman–Crippen LogP) is 15.4. The van der Waals surface area contributed by atoms with Gasteiger partial charge in [-0.1, -0.05) is 154 Å². The van der Waals surface area contributed by atoms with Crippen molar-refractivity contribution in [3.05, 3.63) is 355 Å². The number of aryl methyl sites for hydroxylation is 4. The largest absolute Gasteiger partial charge is 0.497 e. The van der Waals surface area contributed by atoms with E-state index in [2.05, 4.69) is 166 Å². The Kier molecular flexibility index (Phi) is 28.1. The van der Waals surface area contributed by atoms with Crippen molar-refractivity contribution in [2.45, 2.75) is 32.6 Å². The van der Waals surface area contributed by atoms with Crippen molar-refractivity contribution in [1.29, 1.82) is 0 Å². The van der Waals surface area contributed by atoms with Crippen LogP contribution in [0.4, 0.5) is 32.8 Å². The number of nitrogens with one attached hydrogen (secondary N) is 9. The molecule has 5 aliphatic rings. The lowest BCUT2D eigenvalue weighted by atomic mass is 10.0. The molecule has 8 aromatic carbocycles. The number of likely N-dealkylation sites (N-methyl/N-ethyl adjacent to an activating group) is 4. The summed E-state index contributed by atoms with van der Waals surface area (Å²) in [6.45, 7) is 25.6. The van der Waals surface area contributed by atoms with Crippen molar-refractivity contribution < 1.29 is 9.13 Å². The number of rotatable bonds is 2. The summed E-state index contributed by atoms with van der Waals surface area (Å²) in [4.78, 5) is 72.1. The first-order chi connectivity index (χ1) is 56.7. The number of aromatic amines is 4. The van der Waals surface area contributed by atoms with E-state index >= 15 is 0 Å². The minimum Gasteiger partial charge on any atom is -0.497 e. The third-order valence-electron chi connectivity index (χ3n) is 20.4. The van der Waals surface area contributed by atoms with Gasteiger partial charge in [0.1, 0.15) is 11.6 Å². The van der Waals surface area contributed by atoms with Gasteiger partial charge in [-0.15, -0.1) is 0 Å². The summed E-state index contributed by atoms with van der Waals surface area (Å²) in [5, 5.41) is 21.9. The van der Waals surface area contributed by atoms with Gasteiger partial charge >= 0.3 is 22.8 Å². The molecule has 5 aliphatic heterocycles. The molecule has 118 heavy (non-hydrogen) atoms. The Morgan fingerprint density at radius 1 is 0.458 bits per heavy atom. The number of para-hydroxylation sites is 6. The van der Waals surface area contributed by atoms with Crippen molar-refractivity contribution in [1.82, 2.24) is 73.0 Å². The molecule has 14 aromatic rings. The van der Waals surface area contributed by atoms with E-state index in [0.29, 0.717) is 17.2 Å². The number of benzene rings is 8. The molecule has 0 amide bonds. The molecule has 0 aliphatic carbocycles. The molecule has 0 atom stereocenters. The van der Waals surface area contributed by atoms with Gasteiger partial charge in [0.2, 0.25) is 0 Å². The van der Waals surface area contributed by atoms with E-state index in [1.54, 1.807) is 69.0 Å². The van der Waals surface area contributed by atoms with Gasteiger partial charge in [-0.3, -0.25) is 28.7 Å². The van der Waals surface area contributed by atoms with E-state index in [4.69, 9.17) is 16.3 Å². The molecule has 11 heterocycles. The number of aromatic nitrogens is 11. The first-order valence-corrected chi connectivity index (χ1v) is 38.6. The van der Waals surface area contributed by atoms with Gasteiger partial charge in [0.15, 0.2) is 11.5 Å². The number of methoxy groups -OCH3 is 1. The number of halogens is 2.